The molecular formula is C11H16O2. The molecule has 1 heterocycles. The van der Waals surface area contributed by atoms with Crippen molar-refractivity contribution in [1.29, 1.82) is 0 Å². The molecule has 0 aromatic carbocycles. The topological polar surface area (TPSA) is 30.2 Å². The van der Waals surface area contributed by atoms with Gasteiger partial charge in [-0.1, -0.05) is 27.7 Å². The van der Waals surface area contributed by atoms with Crippen LogP contribution in [0, 0.1) is 0 Å². The lowest BCUT2D eigenvalue weighted by Crippen LogP contribution is -1.88. The molecule has 0 aliphatic rings. The van der Waals surface area contributed by atoms with E-state index >= 15 is 0 Å². The van der Waals surface area contributed by atoms with E-state index in [-0.39, 0.29) is 5.92 Å². The van der Waals surface area contributed by atoms with Gasteiger partial charge in [-0.25, -0.2) is 0 Å². The van der Waals surface area contributed by atoms with Crippen molar-refractivity contribution in [3.8, 4) is 0 Å². The molecule has 0 aliphatic carbocycles. The highest BCUT2D eigenvalue weighted by atomic mass is 16.3. The fourth-order valence-electron chi connectivity index (χ4n) is 1.27. The van der Waals surface area contributed by atoms with Gasteiger partial charge in [-0.05, 0) is 6.07 Å². The molecule has 0 spiro atoms. The molecule has 0 saturated carbocycles. The monoisotopic (exact) mass is 180 g/mol. The maximum atomic E-state index is 10.7. The Bertz CT molecular complexity index is 295. The van der Waals surface area contributed by atoms with Crippen LogP contribution in [0.2, 0.25) is 0 Å². The summed E-state index contributed by atoms with van der Waals surface area (Å²) in [6.07, 6.45) is 0.866. The molecule has 0 atom stereocenters. The van der Waals surface area contributed by atoms with Gasteiger partial charge >= 0.3 is 0 Å². The summed E-state index contributed by atoms with van der Waals surface area (Å²) in [6.45, 7) is 8.15. The number of aldehydes is 1. The Kier molecular flexibility index (Phi) is 2.91. The predicted octanol–water partition coefficient (Wildman–Crippen LogP) is 3.34. The Morgan fingerprint density at radius 1 is 1.23 bits per heavy atom. The number of furan rings is 1. The zero-order valence-corrected chi connectivity index (χ0v) is 8.63. The Labute approximate surface area is 78.9 Å². The highest BCUT2D eigenvalue weighted by Crippen LogP contribution is 2.26. The van der Waals surface area contributed by atoms with Crippen LogP contribution < -0.4 is 0 Å². The third-order valence-electron chi connectivity index (χ3n) is 2.03. The second-order valence-corrected chi connectivity index (χ2v) is 3.90. The quantitative estimate of drug-likeness (QED) is 0.668. The first-order chi connectivity index (χ1) is 6.06. The second kappa shape index (κ2) is 3.77. The van der Waals surface area contributed by atoms with Crippen LogP contribution in [0.25, 0.3) is 0 Å². The van der Waals surface area contributed by atoms with E-state index in [1.54, 1.807) is 0 Å². The highest BCUT2D eigenvalue weighted by Gasteiger charge is 2.14. The predicted molar refractivity (Wildman–Crippen MR) is 52.3 cm³/mol. The van der Waals surface area contributed by atoms with Crippen molar-refractivity contribution in [1.82, 2.24) is 0 Å². The molecular weight excluding hydrogens is 164 g/mol. The maximum absolute atomic E-state index is 10.7. The van der Waals surface area contributed by atoms with E-state index in [2.05, 4.69) is 13.8 Å². The van der Waals surface area contributed by atoms with E-state index in [1.807, 2.05) is 19.9 Å². The van der Waals surface area contributed by atoms with Crippen LogP contribution in [-0.4, -0.2) is 6.29 Å². The molecule has 0 bridgehead atoms. The summed E-state index contributed by atoms with van der Waals surface area (Å²) in [7, 11) is 0. The molecule has 0 saturated heterocycles. The molecule has 72 valence electrons. The van der Waals surface area contributed by atoms with Crippen molar-refractivity contribution in [2.75, 3.05) is 0 Å². The zero-order valence-electron chi connectivity index (χ0n) is 8.63. The average molecular weight is 180 g/mol. The first-order valence-electron chi connectivity index (χ1n) is 4.65. The van der Waals surface area contributed by atoms with E-state index in [0.717, 1.165) is 17.8 Å². The Hall–Kier alpha value is -1.05. The van der Waals surface area contributed by atoms with Crippen molar-refractivity contribution in [2.24, 2.45) is 0 Å². The van der Waals surface area contributed by atoms with Gasteiger partial charge < -0.3 is 4.42 Å². The van der Waals surface area contributed by atoms with Crippen LogP contribution >= 0.6 is 0 Å². The minimum atomic E-state index is 0.271. The van der Waals surface area contributed by atoms with E-state index < -0.39 is 0 Å². The van der Waals surface area contributed by atoms with E-state index in [4.69, 9.17) is 4.42 Å². The number of hydrogen-bond donors (Lipinski definition) is 0. The molecule has 1 aromatic rings. The fourth-order valence-corrected chi connectivity index (χ4v) is 1.27. The molecule has 13 heavy (non-hydrogen) atoms. The molecule has 0 unspecified atom stereocenters. The van der Waals surface area contributed by atoms with Crippen LogP contribution in [0.1, 0.15) is 61.4 Å². The number of hydrogen-bond acceptors (Lipinski definition) is 2. The average Bonchev–Trinajstić information content (AvgIpc) is 2.47. The van der Waals surface area contributed by atoms with Crippen LogP contribution in [0.15, 0.2) is 10.5 Å². The molecule has 2 heteroatoms. The summed E-state index contributed by atoms with van der Waals surface area (Å²) >= 11 is 0. The van der Waals surface area contributed by atoms with Crippen molar-refractivity contribution in [3.63, 3.8) is 0 Å². The van der Waals surface area contributed by atoms with Gasteiger partial charge in [-0.2, -0.15) is 0 Å². The van der Waals surface area contributed by atoms with Crippen molar-refractivity contribution in [2.45, 2.75) is 39.5 Å². The second-order valence-electron chi connectivity index (χ2n) is 3.90. The summed E-state index contributed by atoms with van der Waals surface area (Å²) in [5, 5.41) is 0. The maximum Gasteiger partial charge on any atom is 0.153 e. The zero-order chi connectivity index (χ0) is 10.0. The number of carbonyl (C=O) groups is 1. The van der Waals surface area contributed by atoms with E-state index in [9.17, 15) is 4.79 Å². The lowest BCUT2D eigenvalue weighted by atomic mass is 10.1. The molecule has 0 amide bonds. The normalized spacial score (nSPS) is 11.2. The Morgan fingerprint density at radius 3 is 2.15 bits per heavy atom. The summed E-state index contributed by atoms with van der Waals surface area (Å²) in [6, 6.07) is 1.84. The summed E-state index contributed by atoms with van der Waals surface area (Å²) in [5.41, 5.74) is 0.693. The minimum Gasteiger partial charge on any atom is -0.465 e. The van der Waals surface area contributed by atoms with E-state index in [1.165, 1.54) is 0 Å². The van der Waals surface area contributed by atoms with E-state index in [0.29, 0.717) is 11.5 Å². The van der Waals surface area contributed by atoms with Gasteiger partial charge in [0.15, 0.2) is 6.29 Å². The smallest absolute Gasteiger partial charge is 0.153 e. The summed E-state index contributed by atoms with van der Waals surface area (Å²) < 4.78 is 5.60. The molecule has 0 N–H and O–H groups in total. The van der Waals surface area contributed by atoms with Crippen LogP contribution in [-0.2, 0) is 0 Å². The summed E-state index contributed by atoms with van der Waals surface area (Å²) in [4.78, 5) is 10.7. The number of rotatable bonds is 3. The molecule has 2 nitrogen and oxygen atoms in total. The fraction of sp³-hybridized carbons (Fsp3) is 0.545. The number of carbonyl (C=O) groups excluding carboxylic acids is 1. The van der Waals surface area contributed by atoms with Crippen molar-refractivity contribution < 1.29 is 9.21 Å². The molecule has 1 rings (SSSR count). The van der Waals surface area contributed by atoms with Gasteiger partial charge in [0.1, 0.15) is 11.5 Å². The van der Waals surface area contributed by atoms with Gasteiger partial charge in [-0.15, -0.1) is 0 Å². The van der Waals surface area contributed by atoms with Crippen LogP contribution in [0.5, 0.6) is 0 Å². The van der Waals surface area contributed by atoms with Gasteiger partial charge in [0.25, 0.3) is 0 Å². The van der Waals surface area contributed by atoms with Gasteiger partial charge in [0.2, 0.25) is 0 Å². The van der Waals surface area contributed by atoms with Gasteiger partial charge in [-0.3, -0.25) is 4.79 Å². The summed E-state index contributed by atoms with van der Waals surface area (Å²) in [5.74, 6) is 2.31. The van der Waals surface area contributed by atoms with Crippen LogP contribution in [0.3, 0.4) is 0 Å². The van der Waals surface area contributed by atoms with Crippen LogP contribution in [0.4, 0.5) is 0 Å². The first-order valence-corrected chi connectivity index (χ1v) is 4.65. The lowest BCUT2D eigenvalue weighted by Gasteiger charge is -2.01. The molecule has 1 aromatic heterocycles. The molecule has 0 aliphatic heterocycles. The molecule has 0 radical (unpaired) electrons. The largest absolute Gasteiger partial charge is 0.465 e. The third kappa shape index (κ3) is 2.00. The third-order valence-corrected chi connectivity index (χ3v) is 2.03. The highest BCUT2D eigenvalue weighted by molar-refractivity contribution is 5.76. The van der Waals surface area contributed by atoms with Crippen molar-refractivity contribution >= 4 is 6.29 Å². The standard InChI is InChI=1S/C11H16O2/c1-7(2)10-5-9(6-12)11(13-10)8(3)4/h5-8H,1-4H3. The SMILES string of the molecule is CC(C)c1cc(C=O)c(C(C)C)o1. The Morgan fingerprint density at radius 2 is 1.85 bits per heavy atom. The first kappa shape index (κ1) is 10.0. The van der Waals surface area contributed by atoms with Crippen molar-refractivity contribution in [3.05, 3.63) is 23.2 Å². The van der Waals surface area contributed by atoms with Gasteiger partial charge in [0, 0.05) is 11.8 Å². The van der Waals surface area contributed by atoms with Gasteiger partial charge in [0.05, 0.1) is 5.56 Å². The lowest BCUT2D eigenvalue weighted by molar-refractivity contribution is 0.112. The molecule has 0 fully saturated rings. The minimum absolute atomic E-state index is 0.271. The Balaban J connectivity index is 3.11.